The third-order valence-electron chi connectivity index (χ3n) is 1.50. The molecule has 1 fully saturated rings. The van der Waals surface area contributed by atoms with Crippen molar-refractivity contribution in [3.8, 4) is 0 Å². The lowest BCUT2D eigenvalue weighted by molar-refractivity contribution is -0.119. The van der Waals surface area contributed by atoms with Gasteiger partial charge in [-0.3, -0.25) is 4.79 Å². The van der Waals surface area contributed by atoms with Crippen molar-refractivity contribution in [1.82, 2.24) is 5.32 Å². The molecule has 1 heterocycles. The van der Waals surface area contributed by atoms with Crippen LogP contribution in [0.15, 0.2) is 0 Å². The summed E-state index contributed by atoms with van der Waals surface area (Å²) in [6.45, 7) is 0.849. The Hall–Kier alpha value is -0.220. The Balaban J connectivity index is 2.49. The topological polar surface area (TPSA) is 55.1 Å². The predicted molar refractivity (Wildman–Crippen MR) is 38.4 cm³/mol. The molecule has 0 radical (unpaired) electrons. The van der Waals surface area contributed by atoms with Gasteiger partial charge in [0.25, 0.3) is 0 Å². The lowest BCUT2D eigenvalue weighted by Gasteiger charge is -2.08. The molecule has 52 valence electrons. The predicted octanol–water partition coefficient (Wildman–Crippen LogP) is -0.868. The van der Waals surface area contributed by atoms with Crippen molar-refractivity contribution in [3.63, 3.8) is 0 Å². The largest absolute Gasteiger partial charge is 0.368 e. The number of hydrogen-bond acceptors (Lipinski definition) is 3. The first-order valence-corrected chi connectivity index (χ1v) is 3.44. The molecule has 2 atom stereocenters. The molecule has 0 aromatic carbocycles. The number of carbonyl (C=O) groups is 1. The summed E-state index contributed by atoms with van der Waals surface area (Å²) >= 11 is 4.16. The first kappa shape index (κ1) is 6.89. The number of nitrogens with one attached hydrogen (secondary N) is 1. The van der Waals surface area contributed by atoms with Crippen LogP contribution in [0, 0.1) is 0 Å². The van der Waals surface area contributed by atoms with Crippen LogP contribution in [0.25, 0.3) is 0 Å². The van der Waals surface area contributed by atoms with Crippen LogP contribution in [0.4, 0.5) is 0 Å². The van der Waals surface area contributed by atoms with Crippen LogP contribution in [0.2, 0.25) is 0 Å². The van der Waals surface area contributed by atoms with Gasteiger partial charge >= 0.3 is 0 Å². The molecule has 1 aliphatic heterocycles. The van der Waals surface area contributed by atoms with Gasteiger partial charge in [0.05, 0.1) is 6.04 Å². The third-order valence-corrected chi connectivity index (χ3v) is 2.05. The van der Waals surface area contributed by atoms with Gasteiger partial charge in [0.2, 0.25) is 5.91 Å². The van der Waals surface area contributed by atoms with Crippen molar-refractivity contribution in [2.24, 2.45) is 5.73 Å². The lowest BCUT2D eigenvalue weighted by Crippen LogP contribution is -2.41. The zero-order valence-corrected chi connectivity index (χ0v) is 5.90. The molecule has 2 unspecified atom stereocenters. The average molecular weight is 146 g/mol. The van der Waals surface area contributed by atoms with Crippen LogP contribution in [0.5, 0.6) is 0 Å². The van der Waals surface area contributed by atoms with E-state index in [9.17, 15) is 4.79 Å². The van der Waals surface area contributed by atoms with Crippen LogP contribution in [-0.2, 0) is 4.79 Å². The van der Waals surface area contributed by atoms with Crippen LogP contribution in [-0.4, -0.2) is 23.7 Å². The molecule has 0 aromatic heterocycles. The minimum absolute atomic E-state index is 0.113. The smallest absolute Gasteiger partial charge is 0.235 e. The minimum atomic E-state index is -0.299. The number of nitrogens with two attached hydrogens (primary N) is 1. The molecule has 0 bridgehead atoms. The SMILES string of the molecule is NC(=O)C1NCCC1S. The quantitative estimate of drug-likeness (QED) is 0.421. The fraction of sp³-hybridized carbons (Fsp3) is 0.800. The van der Waals surface area contributed by atoms with Crippen molar-refractivity contribution in [1.29, 1.82) is 0 Å². The summed E-state index contributed by atoms with van der Waals surface area (Å²) in [5.41, 5.74) is 5.04. The number of amides is 1. The van der Waals surface area contributed by atoms with Crippen molar-refractivity contribution in [3.05, 3.63) is 0 Å². The van der Waals surface area contributed by atoms with E-state index in [4.69, 9.17) is 5.73 Å². The van der Waals surface area contributed by atoms with Crippen molar-refractivity contribution in [2.75, 3.05) is 6.54 Å². The van der Waals surface area contributed by atoms with E-state index < -0.39 is 0 Å². The summed E-state index contributed by atoms with van der Waals surface area (Å²) in [6.07, 6.45) is 0.927. The van der Waals surface area contributed by atoms with Crippen LogP contribution in [0.1, 0.15) is 6.42 Å². The van der Waals surface area contributed by atoms with Gasteiger partial charge in [0.15, 0.2) is 0 Å². The summed E-state index contributed by atoms with van der Waals surface area (Å²) < 4.78 is 0. The van der Waals surface area contributed by atoms with E-state index in [1.54, 1.807) is 0 Å². The fourth-order valence-corrected chi connectivity index (χ4v) is 1.36. The molecule has 3 nitrogen and oxygen atoms in total. The molecular weight excluding hydrogens is 136 g/mol. The zero-order chi connectivity index (χ0) is 6.85. The number of hydrogen-bond donors (Lipinski definition) is 3. The highest BCUT2D eigenvalue weighted by atomic mass is 32.1. The Bertz CT molecular complexity index is 128. The summed E-state index contributed by atoms with van der Waals surface area (Å²) in [5, 5.41) is 3.07. The standard InChI is InChI=1S/C5H10N2OS/c6-5(8)4-3(9)1-2-7-4/h3-4,7,9H,1-2H2,(H2,6,8). The van der Waals surface area contributed by atoms with E-state index in [2.05, 4.69) is 17.9 Å². The Morgan fingerprint density at radius 2 is 2.44 bits per heavy atom. The molecule has 0 saturated carbocycles. The van der Waals surface area contributed by atoms with Crippen molar-refractivity contribution < 1.29 is 4.79 Å². The van der Waals surface area contributed by atoms with E-state index >= 15 is 0 Å². The van der Waals surface area contributed by atoms with Crippen molar-refractivity contribution in [2.45, 2.75) is 17.7 Å². The highest BCUT2D eigenvalue weighted by Crippen LogP contribution is 2.12. The fourth-order valence-electron chi connectivity index (χ4n) is 0.980. The molecule has 0 aliphatic carbocycles. The maximum absolute atomic E-state index is 10.5. The summed E-state index contributed by atoms with van der Waals surface area (Å²) in [4.78, 5) is 10.5. The molecule has 0 spiro atoms. The monoisotopic (exact) mass is 146 g/mol. The maximum Gasteiger partial charge on any atom is 0.235 e. The third kappa shape index (κ3) is 1.37. The van der Waals surface area contributed by atoms with Gasteiger partial charge < -0.3 is 11.1 Å². The summed E-state index contributed by atoms with van der Waals surface area (Å²) in [6, 6.07) is -0.215. The van der Waals surface area contributed by atoms with Gasteiger partial charge in [0.1, 0.15) is 0 Å². The average Bonchev–Trinajstić information content (AvgIpc) is 2.13. The second-order valence-electron chi connectivity index (χ2n) is 2.19. The van der Waals surface area contributed by atoms with Gasteiger partial charge in [-0.25, -0.2) is 0 Å². The highest BCUT2D eigenvalue weighted by Gasteiger charge is 2.27. The Morgan fingerprint density at radius 1 is 1.78 bits per heavy atom. The van der Waals surface area contributed by atoms with Gasteiger partial charge in [-0.2, -0.15) is 12.6 Å². The lowest BCUT2D eigenvalue weighted by atomic mass is 10.2. The molecule has 1 saturated heterocycles. The molecule has 9 heavy (non-hydrogen) atoms. The van der Waals surface area contributed by atoms with E-state index in [-0.39, 0.29) is 17.2 Å². The molecule has 0 aromatic rings. The first-order valence-electron chi connectivity index (χ1n) is 2.92. The molecule has 3 N–H and O–H groups in total. The van der Waals surface area contributed by atoms with Gasteiger partial charge in [-0.05, 0) is 13.0 Å². The minimum Gasteiger partial charge on any atom is -0.368 e. The molecule has 1 aliphatic rings. The first-order chi connectivity index (χ1) is 4.22. The number of thiol groups is 1. The zero-order valence-electron chi connectivity index (χ0n) is 5.00. The summed E-state index contributed by atoms with van der Waals surface area (Å²) in [5.74, 6) is -0.299. The Morgan fingerprint density at radius 3 is 2.67 bits per heavy atom. The van der Waals surface area contributed by atoms with E-state index in [0.717, 1.165) is 13.0 Å². The maximum atomic E-state index is 10.5. The normalized spacial score (nSPS) is 34.8. The van der Waals surface area contributed by atoms with Crippen molar-refractivity contribution >= 4 is 18.5 Å². The Kier molecular flexibility index (Phi) is 1.97. The van der Waals surface area contributed by atoms with Gasteiger partial charge in [-0.15, -0.1) is 0 Å². The van der Waals surface area contributed by atoms with E-state index in [0.29, 0.717) is 0 Å². The Labute approximate surface area is 59.4 Å². The number of rotatable bonds is 1. The molecular formula is C5H10N2OS. The highest BCUT2D eigenvalue weighted by molar-refractivity contribution is 7.81. The van der Waals surface area contributed by atoms with Gasteiger partial charge in [-0.1, -0.05) is 0 Å². The van der Waals surface area contributed by atoms with E-state index in [1.807, 2.05) is 0 Å². The second-order valence-corrected chi connectivity index (χ2v) is 2.85. The summed E-state index contributed by atoms with van der Waals surface area (Å²) in [7, 11) is 0. The second kappa shape index (κ2) is 2.58. The molecule has 1 rings (SSSR count). The number of primary amides is 1. The van der Waals surface area contributed by atoms with Crippen LogP contribution < -0.4 is 11.1 Å². The molecule has 1 amide bonds. The number of carbonyl (C=O) groups excluding carboxylic acids is 1. The molecule has 4 heteroatoms. The van der Waals surface area contributed by atoms with Crippen LogP contribution >= 0.6 is 12.6 Å². The van der Waals surface area contributed by atoms with Crippen LogP contribution in [0.3, 0.4) is 0 Å². The van der Waals surface area contributed by atoms with E-state index in [1.165, 1.54) is 0 Å². The van der Waals surface area contributed by atoms with Gasteiger partial charge in [0, 0.05) is 5.25 Å².